The molecule has 0 atom stereocenters. The summed E-state index contributed by atoms with van der Waals surface area (Å²) in [4.78, 5) is 15.6. The molecule has 0 spiro atoms. The first-order valence-electron chi connectivity index (χ1n) is 23.2. The Labute approximate surface area is 357 Å². The molecule has 7 nitrogen and oxygen atoms in total. The lowest BCUT2D eigenvalue weighted by molar-refractivity contribution is 0.892. The third-order valence-electron chi connectivity index (χ3n) is 11.4. The first-order chi connectivity index (χ1) is 33.0. The molecule has 0 bridgehead atoms. The normalized spacial score (nSPS) is 13.8. The molecule has 0 aliphatic carbocycles. The van der Waals surface area contributed by atoms with E-state index < -0.39 is 48.3 Å². The Morgan fingerprint density at radius 1 is 0.483 bits per heavy atom. The van der Waals surface area contributed by atoms with Crippen molar-refractivity contribution in [3.05, 3.63) is 181 Å². The van der Waals surface area contributed by atoms with Crippen molar-refractivity contribution in [3.8, 4) is 35.0 Å². The monoisotopic (exact) mass is 791 g/mol. The average molecular weight is 792 g/mol. The van der Waals surface area contributed by atoms with Crippen LogP contribution in [0, 0.1) is 11.3 Å². The summed E-state index contributed by atoms with van der Waals surface area (Å²) in [7, 11) is 0. The zero-order valence-corrected chi connectivity index (χ0v) is 32.0. The maximum Gasteiger partial charge on any atom is 0.240 e. The number of hydrogen-bond donors (Lipinski definition) is 0. The van der Waals surface area contributed by atoms with Crippen LogP contribution in [0.2, 0.25) is 0 Å². The van der Waals surface area contributed by atoms with Gasteiger partial charge in [-0.25, -0.2) is 0 Å². The Hall–Kier alpha value is -8.12. The van der Waals surface area contributed by atoms with Crippen molar-refractivity contribution in [2.45, 2.75) is 0 Å². The van der Waals surface area contributed by atoms with Crippen LogP contribution in [-0.2, 0) is 0 Å². The van der Waals surface area contributed by atoms with Gasteiger partial charge in [-0.2, -0.15) is 20.2 Å². The summed E-state index contributed by atoms with van der Waals surface area (Å²) in [6.07, 6.45) is 0. The number of benzene rings is 8. The van der Waals surface area contributed by atoms with Gasteiger partial charge >= 0.3 is 0 Å². The highest BCUT2D eigenvalue weighted by Gasteiger charge is 2.24. The van der Waals surface area contributed by atoms with Crippen molar-refractivity contribution in [2.24, 2.45) is 0 Å². The topological polar surface area (TPSA) is 77.2 Å². The smallest absolute Gasteiger partial charge is 0.240 e. The summed E-state index contributed by atoms with van der Waals surface area (Å²) in [5.74, 6) is 0.133. The van der Waals surface area contributed by atoms with Gasteiger partial charge in [0.1, 0.15) is 0 Å². The van der Waals surface area contributed by atoms with Gasteiger partial charge in [-0.05, 0) is 66.7 Å². The van der Waals surface area contributed by atoms with Crippen molar-refractivity contribution in [2.75, 3.05) is 0 Å². The third kappa shape index (κ3) is 4.55. The van der Waals surface area contributed by atoms with Crippen LogP contribution in [0.1, 0.15) is 16.5 Å². The fourth-order valence-electron chi connectivity index (χ4n) is 8.93. The molecule has 0 fully saturated rings. The lowest BCUT2D eigenvalue weighted by atomic mass is 10.1. The van der Waals surface area contributed by atoms with Crippen molar-refractivity contribution in [1.82, 2.24) is 28.7 Å². The molecule has 0 saturated carbocycles. The highest BCUT2D eigenvalue weighted by atomic mass is 32.1. The summed E-state index contributed by atoms with van der Waals surface area (Å²) in [6, 6.07) is 39.9. The Bertz CT molecular complexity index is 4390. The molecule has 13 rings (SSSR count). The van der Waals surface area contributed by atoms with Crippen LogP contribution in [0.25, 0.3) is 115 Å². The van der Waals surface area contributed by atoms with E-state index in [1.54, 1.807) is 17.4 Å². The van der Waals surface area contributed by atoms with Gasteiger partial charge < -0.3 is 4.57 Å². The van der Waals surface area contributed by atoms with Gasteiger partial charge in [-0.15, -0.1) is 11.3 Å². The molecule has 0 radical (unpaired) electrons. The molecule has 0 aliphatic heterocycles. The summed E-state index contributed by atoms with van der Waals surface area (Å²) in [5.41, 5.74) is 4.83. The maximum atomic E-state index is 9.96. The summed E-state index contributed by atoms with van der Waals surface area (Å²) < 4.78 is 79.5. The van der Waals surface area contributed by atoms with Gasteiger partial charge in [0.15, 0.2) is 5.82 Å². The summed E-state index contributed by atoms with van der Waals surface area (Å²) in [6.45, 7) is 0. The van der Waals surface area contributed by atoms with E-state index in [-0.39, 0.29) is 39.5 Å². The molecular weight excluding hydrogens is 755 g/mol. The zero-order valence-electron chi connectivity index (χ0n) is 39.2. The molecular formula is C52H29N7S. The standard InChI is InChI=1S/C52H29N7S/c53-30-31-25-27-45-39(29-31)35-16-4-10-22-43(35)59(45)52-55-50(54-51(56-52)58-41-20-8-1-13-32(41)33-14-2-9-21-42(33)58)37-17-5-11-23-44(37)57-40-19-7-3-15-34(40)36-26-28-47-48(49(36)57)38-18-6-12-24-46(38)60-47/h1-29H/i1D,2D,8D,9D,13D,14D,20D,21D. The minimum atomic E-state index is -0.559. The van der Waals surface area contributed by atoms with E-state index in [1.165, 1.54) is 4.57 Å². The molecule has 8 aromatic carbocycles. The minimum absolute atomic E-state index is 0.0971. The Kier molecular flexibility index (Phi) is 5.39. The lowest BCUT2D eigenvalue weighted by Crippen LogP contribution is -2.11. The van der Waals surface area contributed by atoms with Gasteiger partial charge in [0.05, 0.1) is 61.4 Å². The van der Waals surface area contributed by atoms with E-state index >= 15 is 0 Å². The second-order valence-corrected chi connectivity index (χ2v) is 15.6. The van der Waals surface area contributed by atoms with Gasteiger partial charge in [0, 0.05) is 58.1 Å². The highest BCUT2D eigenvalue weighted by molar-refractivity contribution is 7.26. The molecule has 278 valence electrons. The van der Waals surface area contributed by atoms with E-state index in [1.807, 2.05) is 89.5 Å². The number of rotatable bonds is 4. The molecule has 0 N–H and O–H groups in total. The lowest BCUT2D eigenvalue weighted by Gasteiger charge is -2.16. The predicted molar refractivity (Wildman–Crippen MR) is 246 cm³/mol. The molecule has 5 heterocycles. The molecule has 0 amide bonds. The average Bonchev–Trinajstić information content (AvgIpc) is 4.12. The number of thiophene rings is 1. The van der Waals surface area contributed by atoms with Gasteiger partial charge in [-0.1, -0.05) is 109 Å². The van der Waals surface area contributed by atoms with Crippen molar-refractivity contribution < 1.29 is 11.0 Å². The molecule has 13 aromatic rings. The second-order valence-electron chi connectivity index (χ2n) is 14.5. The quantitative estimate of drug-likeness (QED) is 0.178. The first kappa shape index (κ1) is 26.0. The van der Waals surface area contributed by atoms with Crippen LogP contribution in [-0.4, -0.2) is 28.7 Å². The molecule has 0 aliphatic rings. The van der Waals surface area contributed by atoms with Crippen molar-refractivity contribution in [3.63, 3.8) is 0 Å². The van der Waals surface area contributed by atoms with Crippen LogP contribution in [0.3, 0.4) is 0 Å². The molecule has 5 aromatic heterocycles. The number of hydrogen-bond acceptors (Lipinski definition) is 5. The fourth-order valence-corrected chi connectivity index (χ4v) is 10.0. The predicted octanol–water partition coefficient (Wildman–Crippen LogP) is 13.1. The molecule has 0 unspecified atom stereocenters. The van der Waals surface area contributed by atoms with Crippen LogP contribution in [0.5, 0.6) is 0 Å². The number of aromatic nitrogens is 6. The third-order valence-corrected chi connectivity index (χ3v) is 12.5. The van der Waals surface area contributed by atoms with Crippen molar-refractivity contribution >= 4 is 96.9 Å². The Balaban J connectivity index is 1.21. The molecule has 60 heavy (non-hydrogen) atoms. The van der Waals surface area contributed by atoms with Crippen LogP contribution in [0.15, 0.2) is 176 Å². The Morgan fingerprint density at radius 3 is 1.83 bits per heavy atom. The fraction of sp³-hybridized carbons (Fsp3) is 0. The van der Waals surface area contributed by atoms with E-state index in [9.17, 15) is 8.00 Å². The van der Waals surface area contributed by atoms with E-state index in [4.69, 9.17) is 23.2 Å². The molecule has 8 heteroatoms. The van der Waals surface area contributed by atoms with Crippen LogP contribution < -0.4 is 0 Å². The van der Waals surface area contributed by atoms with E-state index in [0.29, 0.717) is 22.2 Å². The molecule has 0 saturated heterocycles. The largest absolute Gasteiger partial charge is 0.308 e. The highest BCUT2D eigenvalue weighted by Crippen LogP contribution is 2.44. The second kappa shape index (κ2) is 12.4. The number of para-hydroxylation sites is 5. The zero-order chi connectivity index (χ0) is 46.4. The van der Waals surface area contributed by atoms with E-state index in [2.05, 4.69) is 47.0 Å². The summed E-state index contributed by atoms with van der Waals surface area (Å²) in [5, 5.41) is 15.7. The maximum absolute atomic E-state index is 9.96. The van der Waals surface area contributed by atoms with Gasteiger partial charge in [0.25, 0.3) is 0 Å². The number of nitrogens with zero attached hydrogens (tertiary/aromatic N) is 7. The van der Waals surface area contributed by atoms with Crippen molar-refractivity contribution in [1.29, 1.82) is 5.26 Å². The van der Waals surface area contributed by atoms with Gasteiger partial charge in [0.2, 0.25) is 11.9 Å². The van der Waals surface area contributed by atoms with Gasteiger partial charge in [-0.3, -0.25) is 9.13 Å². The Morgan fingerprint density at radius 2 is 1.08 bits per heavy atom. The van der Waals surface area contributed by atoms with E-state index in [0.717, 1.165) is 58.4 Å². The SMILES string of the molecule is [2H]c1c([2H])c([2H])c2c(c1[2H])c1c([2H])c([2H])c([2H])c([2H])c1n2-c1nc(-c2ccccc2-n2c3ccccc3c3ccc4sc5ccccc5c4c32)nc(-n2c3ccccc3c3cc(C#N)ccc32)n1. The van der Waals surface area contributed by atoms with Crippen LogP contribution in [0.4, 0.5) is 0 Å². The number of nitriles is 1. The summed E-state index contributed by atoms with van der Waals surface area (Å²) >= 11 is 1.73. The first-order valence-corrected chi connectivity index (χ1v) is 20.0. The number of fused-ring (bicyclic) bond motifs is 13. The van der Waals surface area contributed by atoms with Crippen LogP contribution >= 0.6 is 11.3 Å². The minimum Gasteiger partial charge on any atom is -0.308 e.